The van der Waals surface area contributed by atoms with E-state index in [0.717, 1.165) is 32.3 Å². The van der Waals surface area contributed by atoms with Gasteiger partial charge in [-0.3, -0.25) is 4.99 Å². The van der Waals surface area contributed by atoms with E-state index in [2.05, 4.69) is 83.1 Å². The Kier molecular flexibility index (Phi) is 12.5. The van der Waals surface area contributed by atoms with Crippen LogP contribution >= 0.6 is 0 Å². The minimum absolute atomic E-state index is 0.746. The number of hydrogen-bond acceptors (Lipinski definition) is 3. The van der Waals surface area contributed by atoms with Crippen molar-refractivity contribution >= 4 is 6.21 Å². The van der Waals surface area contributed by atoms with Gasteiger partial charge in [-0.05, 0) is 22.3 Å². The molecule has 4 aromatic carbocycles. The molecular weight excluding hydrogens is 392 g/mol. The van der Waals surface area contributed by atoms with Crippen LogP contribution in [0.3, 0.4) is 0 Å². The molecule has 0 radical (unpaired) electrons. The molecule has 0 aliphatic heterocycles. The topological polar surface area (TPSA) is 44.6 Å². The molecule has 3 heteroatoms. The van der Waals surface area contributed by atoms with Crippen molar-refractivity contribution in [3.63, 3.8) is 0 Å². The maximum Gasteiger partial charge on any atom is 0.0639 e. The molecule has 3 nitrogen and oxygen atoms in total. The van der Waals surface area contributed by atoms with Gasteiger partial charge in [-0.1, -0.05) is 121 Å². The molecule has 0 unspecified atom stereocenters. The number of nitrogens with one attached hydrogen (secondary N) is 1. The number of aliphatic hydroxyl groups is 1. The molecule has 4 aromatic rings. The van der Waals surface area contributed by atoms with Crippen LogP contribution in [0.25, 0.3) is 0 Å². The van der Waals surface area contributed by atoms with Gasteiger partial charge in [-0.25, -0.2) is 0 Å². The Bertz CT molecular complexity index is 933. The number of aliphatic hydroxyl groups excluding tert-OH is 1. The summed E-state index contributed by atoms with van der Waals surface area (Å²) in [5.41, 5.74) is 5.04. The number of rotatable bonds is 7. The third-order valence-corrected chi connectivity index (χ3v) is 4.50. The van der Waals surface area contributed by atoms with E-state index in [1.165, 1.54) is 16.7 Å². The Morgan fingerprint density at radius 3 is 1.38 bits per heavy atom. The molecule has 4 rings (SSSR count). The molecule has 0 aliphatic carbocycles. The van der Waals surface area contributed by atoms with Crippen LogP contribution in [0, 0.1) is 0 Å². The average Bonchev–Trinajstić information content (AvgIpc) is 2.88. The smallest absolute Gasteiger partial charge is 0.0639 e. The van der Waals surface area contributed by atoms with Crippen molar-refractivity contribution in [2.45, 2.75) is 19.6 Å². The quantitative estimate of drug-likeness (QED) is 0.363. The molecule has 0 aromatic heterocycles. The van der Waals surface area contributed by atoms with Gasteiger partial charge in [0.2, 0.25) is 0 Å². The van der Waals surface area contributed by atoms with Crippen molar-refractivity contribution in [3.05, 3.63) is 144 Å². The van der Waals surface area contributed by atoms with Gasteiger partial charge >= 0.3 is 0 Å². The summed E-state index contributed by atoms with van der Waals surface area (Å²) in [5, 5.41) is 10.4. The van der Waals surface area contributed by atoms with E-state index in [4.69, 9.17) is 5.11 Å². The maximum atomic E-state index is 7.00. The molecular formula is C29H32N2O. The van der Waals surface area contributed by atoms with E-state index >= 15 is 0 Å². The van der Waals surface area contributed by atoms with Gasteiger partial charge in [0, 0.05) is 26.4 Å². The summed E-state index contributed by atoms with van der Waals surface area (Å²) in [7, 11) is 1.00. The highest BCUT2D eigenvalue weighted by Gasteiger charge is 1.92. The zero-order chi connectivity index (χ0) is 22.7. The summed E-state index contributed by atoms with van der Waals surface area (Å²) in [4.78, 5) is 4.39. The van der Waals surface area contributed by atoms with E-state index in [0.29, 0.717) is 0 Å². The second kappa shape index (κ2) is 16.2. The molecule has 0 aliphatic rings. The van der Waals surface area contributed by atoms with Gasteiger partial charge in [0.05, 0.1) is 6.54 Å². The second-order valence-corrected chi connectivity index (χ2v) is 6.94. The first-order chi connectivity index (χ1) is 15.9. The highest BCUT2D eigenvalue weighted by Crippen LogP contribution is 2.02. The highest BCUT2D eigenvalue weighted by atomic mass is 16.2. The third kappa shape index (κ3) is 10.5. The van der Waals surface area contributed by atoms with Gasteiger partial charge in [-0.2, -0.15) is 0 Å². The predicted octanol–water partition coefficient (Wildman–Crippen LogP) is 5.89. The van der Waals surface area contributed by atoms with Crippen molar-refractivity contribution < 1.29 is 5.11 Å². The van der Waals surface area contributed by atoms with Crippen molar-refractivity contribution in [2.75, 3.05) is 7.11 Å². The fourth-order valence-corrected chi connectivity index (χ4v) is 2.92. The largest absolute Gasteiger partial charge is 0.400 e. The lowest BCUT2D eigenvalue weighted by atomic mass is 10.2. The monoisotopic (exact) mass is 424 g/mol. The van der Waals surface area contributed by atoms with Gasteiger partial charge < -0.3 is 10.4 Å². The minimum Gasteiger partial charge on any atom is -0.400 e. The zero-order valence-electron chi connectivity index (χ0n) is 18.6. The predicted molar refractivity (Wildman–Crippen MR) is 136 cm³/mol. The Hall–Kier alpha value is -3.53. The normalized spacial score (nSPS) is 9.94. The van der Waals surface area contributed by atoms with Gasteiger partial charge in [-0.15, -0.1) is 0 Å². The lowest BCUT2D eigenvalue weighted by Gasteiger charge is -2.04. The first-order valence-corrected chi connectivity index (χ1v) is 10.7. The van der Waals surface area contributed by atoms with Crippen molar-refractivity contribution in [1.29, 1.82) is 0 Å². The number of benzene rings is 4. The lowest BCUT2D eigenvalue weighted by Crippen LogP contribution is -2.12. The zero-order valence-corrected chi connectivity index (χ0v) is 18.6. The van der Waals surface area contributed by atoms with Crippen LogP contribution in [0.5, 0.6) is 0 Å². The van der Waals surface area contributed by atoms with Crippen molar-refractivity contribution in [1.82, 2.24) is 5.32 Å². The van der Waals surface area contributed by atoms with Crippen molar-refractivity contribution in [2.24, 2.45) is 4.99 Å². The van der Waals surface area contributed by atoms with E-state index in [1.807, 2.05) is 54.7 Å². The molecule has 0 bridgehead atoms. The number of aliphatic imine (C=N–C) groups is 1. The Morgan fingerprint density at radius 1 is 0.562 bits per heavy atom. The first kappa shape index (κ1) is 24.7. The van der Waals surface area contributed by atoms with Crippen LogP contribution in [0.15, 0.2) is 126 Å². The van der Waals surface area contributed by atoms with Gasteiger partial charge in [0.1, 0.15) is 0 Å². The molecule has 0 spiro atoms. The molecule has 0 saturated carbocycles. The molecule has 164 valence electrons. The van der Waals surface area contributed by atoms with Crippen LogP contribution in [0.2, 0.25) is 0 Å². The third-order valence-electron chi connectivity index (χ3n) is 4.50. The maximum absolute atomic E-state index is 7.00. The summed E-state index contributed by atoms with van der Waals surface area (Å²) in [6, 6.07) is 41.3. The summed E-state index contributed by atoms with van der Waals surface area (Å²) in [6.45, 7) is 2.60. The molecule has 0 heterocycles. The van der Waals surface area contributed by atoms with E-state index in [1.54, 1.807) is 0 Å². The van der Waals surface area contributed by atoms with E-state index in [9.17, 15) is 0 Å². The second-order valence-electron chi connectivity index (χ2n) is 6.94. The lowest BCUT2D eigenvalue weighted by molar-refractivity contribution is 0.399. The highest BCUT2D eigenvalue weighted by molar-refractivity contribution is 5.79. The number of nitrogens with zero attached hydrogens (tertiary/aromatic N) is 1. The Morgan fingerprint density at radius 2 is 0.938 bits per heavy atom. The first-order valence-electron chi connectivity index (χ1n) is 10.7. The SMILES string of the molecule is C(=NCc1ccccc1)c1ccccc1.CO.c1ccc(CNCc2ccccc2)cc1. The van der Waals surface area contributed by atoms with Crippen LogP contribution < -0.4 is 5.32 Å². The van der Waals surface area contributed by atoms with Crippen LogP contribution in [0.4, 0.5) is 0 Å². The molecule has 0 atom stereocenters. The summed E-state index contributed by atoms with van der Waals surface area (Å²) in [5.74, 6) is 0. The summed E-state index contributed by atoms with van der Waals surface area (Å²) < 4.78 is 0. The summed E-state index contributed by atoms with van der Waals surface area (Å²) in [6.07, 6.45) is 1.91. The number of hydrogen-bond donors (Lipinski definition) is 2. The van der Waals surface area contributed by atoms with Crippen LogP contribution in [0.1, 0.15) is 22.3 Å². The molecule has 32 heavy (non-hydrogen) atoms. The van der Waals surface area contributed by atoms with Gasteiger partial charge in [0.25, 0.3) is 0 Å². The standard InChI is InChI=1S/C14H15N.C14H13N.CH4O/c2*1-3-7-13(8-4-1)11-15-12-14-9-5-2-6-10-14;1-2/h1-10,15H,11-12H2;1-11H,12H2;2H,1H3. The fraction of sp³-hybridized carbons (Fsp3) is 0.138. The molecule has 0 fully saturated rings. The minimum atomic E-state index is 0.746. The van der Waals surface area contributed by atoms with Crippen molar-refractivity contribution in [3.8, 4) is 0 Å². The molecule has 0 amide bonds. The van der Waals surface area contributed by atoms with Crippen LogP contribution in [-0.4, -0.2) is 18.4 Å². The Labute approximate surface area is 192 Å². The molecule has 0 saturated heterocycles. The van der Waals surface area contributed by atoms with E-state index < -0.39 is 0 Å². The van der Waals surface area contributed by atoms with Crippen LogP contribution in [-0.2, 0) is 19.6 Å². The summed E-state index contributed by atoms with van der Waals surface area (Å²) >= 11 is 0. The average molecular weight is 425 g/mol. The van der Waals surface area contributed by atoms with Gasteiger partial charge in [0.15, 0.2) is 0 Å². The Balaban J connectivity index is 0.000000211. The fourth-order valence-electron chi connectivity index (χ4n) is 2.92. The van der Waals surface area contributed by atoms with E-state index in [-0.39, 0.29) is 0 Å². The molecule has 2 N–H and O–H groups in total.